The Morgan fingerprint density at radius 3 is 2.35 bits per heavy atom. The summed E-state index contributed by atoms with van der Waals surface area (Å²) in [4.78, 5) is 24.1. The van der Waals surface area contributed by atoms with Crippen LogP contribution in [0.5, 0.6) is 0 Å². The van der Waals surface area contributed by atoms with Crippen molar-refractivity contribution >= 4 is 17.6 Å². The Morgan fingerprint density at radius 2 is 1.70 bits per heavy atom. The van der Waals surface area contributed by atoms with Gasteiger partial charge in [0.2, 0.25) is 0 Å². The molecule has 6 heteroatoms. The van der Waals surface area contributed by atoms with E-state index >= 15 is 0 Å². The molecule has 0 atom stereocenters. The molecule has 0 saturated carbocycles. The second kappa shape index (κ2) is 7.49. The summed E-state index contributed by atoms with van der Waals surface area (Å²) in [6.45, 7) is 2.09. The number of carbonyl (C=O) groups is 2. The van der Waals surface area contributed by atoms with Crippen molar-refractivity contribution in [3.05, 3.63) is 65.2 Å². The van der Waals surface area contributed by atoms with Crippen LogP contribution in [0.2, 0.25) is 0 Å². The summed E-state index contributed by atoms with van der Waals surface area (Å²) in [6, 6.07) is 9.24. The number of para-hydroxylation sites is 1. The molecule has 0 aliphatic carbocycles. The number of esters is 1. The topological polar surface area (TPSA) is 55.4 Å². The average molecular weight is 319 g/mol. The average Bonchev–Trinajstić information content (AvgIpc) is 2.53. The van der Waals surface area contributed by atoms with Crippen molar-refractivity contribution in [2.24, 2.45) is 0 Å². The van der Waals surface area contributed by atoms with E-state index in [0.29, 0.717) is 6.42 Å². The summed E-state index contributed by atoms with van der Waals surface area (Å²) in [7, 11) is 0. The van der Waals surface area contributed by atoms with Crippen LogP contribution in [0.4, 0.5) is 14.5 Å². The van der Waals surface area contributed by atoms with Crippen molar-refractivity contribution in [3.8, 4) is 0 Å². The molecule has 0 aliphatic heterocycles. The molecular formula is C17H15F2NO3. The van der Waals surface area contributed by atoms with Gasteiger partial charge in [-0.25, -0.2) is 13.6 Å². The van der Waals surface area contributed by atoms with Crippen LogP contribution in [0.1, 0.15) is 34.1 Å². The molecule has 0 heterocycles. The number of ether oxygens (including phenoxy) is 1. The molecule has 0 aliphatic rings. The van der Waals surface area contributed by atoms with Crippen molar-refractivity contribution in [2.45, 2.75) is 13.3 Å². The summed E-state index contributed by atoms with van der Waals surface area (Å²) in [6.07, 6.45) is 0.653. The lowest BCUT2D eigenvalue weighted by atomic mass is 10.1. The minimum atomic E-state index is -0.978. The SMILES string of the molecule is CCCOC(=O)c1ccccc1NC(=O)c1c(F)cccc1F. The Kier molecular flexibility index (Phi) is 5.41. The molecule has 2 aromatic rings. The van der Waals surface area contributed by atoms with Gasteiger partial charge in [0.05, 0.1) is 17.9 Å². The quantitative estimate of drug-likeness (QED) is 0.853. The van der Waals surface area contributed by atoms with Crippen LogP contribution in [0, 0.1) is 11.6 Å². The molecule has 2 aromatic carbocycles. The number of halogens is 2. The molecule has 2 rings (SSSR count). The fourth-order valence-corrected chi connectivity index (χ4v) is 1.94. The third-order valence-electron chi connectivity index (χ3n) is 3.02. The highest BCUT2D eigenvalue weighted by Crippen LogP contribution is 2.19. The van der Waals surface area contributed by atoms with E-state index in [9.17, 15) is 18.4 Å². The number of hydrogen-bond donors (Lipinski definition) is 1. The first-order chi connectivity index (χ1) is 11.0. The highest BCUT2D eigenvalue weighted by molar-refractivity contribution is 6.08. The zero-order valence-corrected chi connectivity index (χ0v) is 12.4. The van der Waals surface area contributed by atoms with Gasteiger partial charge in [-0.1, -0.05) is 25.1 Å². The number of anilines is 1. The van der Waals surface area contributed by atoms with Gasteiger partial charge in [0, 0.05) is 0 Å². The Bertz CT molecular complexity index is 711. The number of carbonyl (C=O) groups excluding carboxylic acids is 2. The van der Waals surface area contributed by atoms with E-state index < -0.39 is 29.1 Å². The van der Waals surface area contributed by atoms with E-state index in [0.717, 1.165) is 18.2 Å². The second-order valence-corrected chi connectivity index (χ2v) is 4.73. The first-order valence-corrected chi connectivity index (χ1v) is 7.06. The third kappa shape index (κ3) is 3.91. The summed E-state index contributed by atoms with van der Waals surface area (Å²) >= 11 is 0. The monoisotopic (exact) mass is 319 g/mol. The Balaban J connectivity index is 2.27. The van der Waals surface area contributed by atoms with Crippen LogP contribution in [0.3, 0.4) is 0 Å². The van der Waals surface area contributed by atoms with Crippen LogP contribution in [0.25, 0.3) is 0 Å². The lowest BCUT2D eigenvalue weighted by Gasteiger charge is -2.11. The lowest BCUT2D eigenvalue weighted by Crippen LogP contribution is -2.18. The van der Waals surface area contributed by atoms with Gasteiger partial charge in [0.1, 0.15) is 17.2 Å². The van der Waals surface area contributed by atoms with Crippen LogP contribution < -0.4 is 5.32 Å². The normalized spacial score (nSPS) is 10.2. The van der Waals surface area contributed by atoms with Gasteiger partial charge < -0.3 is 10.1 Å². The number of nitrogens with one attached hydrogen (secondary N) is 1. The van der Waals surface area contributed by atoms with E-state index in [2.05, 4.69) is 5.32 Å². The lowest BCUT2D eigenvalue weighted by molar-refractivity contribution is 0.0506. The molecule has 4 nitrogen and oxygen atoms in total. The molecule has 120 valence electrons. The molecule has 0 bridgehead atoms. The van der Waals surface area contributed by atoms with Crippen LogP contribution in [-0.4, -0.2) is 18.5 Å². The second-order valence-electron chi connectivity index (χ2n) is 4.73. The van der Waals surface area contributed by atoms with Gasteiger partial charge in [0.15, 0.2) is 0 Å². The number of amides is 1. The minimum Gasteiger partial charge on any atom is -0.462 e. The first kappa shape index (κ1) is 16.6. The maximum absolute atomic E-state index is 13.6. The fourth-order valence-electron chi connectivity index (χ4n) is 1.94. The highest BCUT2D eigenvalue weighted by Gasteiger charge is 2.20. The fraction of sp³-hybridized carbons (Fsp3) is 0.176. The van der Waals surface area contributed by atoms with Gasteiger partial charge in [-0.05, 0) is 30.7 Å². The maximum Gasteiger partial charge on any atom is 0.340 e. The summed E-state index contributed by atoms with van der Waals surface area (Å²) in [5.74, 6) is -3.55. The van der Waals surface area contributed by atoms with Crippen molar-refractivity contribution in [2.75, 3.05) is 11.9 Å². The van der Waals surface area contributed by atoms with E-state index in [4.69, 9.17) is 4.74 Å². The van der Waals surface area contributed by atoms with Crippen LogP contribution in [0.15, 0.2) is 42.5 Å². The Hall–Kier alpha value is -2.76. The van der Waals surface area contributed by atoms with E-state index in [-0.39, 0.29) is 17.9 Å². The van der Waals surface area contributed by atoms with E-state index in [1.807, 2.05) is 6.92 Å². The molecule has 1 amide bonds. The number of benzene rings is 2. The van der Waals surface area contributed by atoms with Gasteiger partial charge in [-0.3, -0.25) is 4.79 Å². The molecular weight excluding hydrogens is 304 g/mol. The number of hydrogen-bond acceptors (Lipinski definition) is 3. The molecule has 0 radical (unpaired) electrons. The van der Waals surface area contributed by atoms with Crippen molar-refractivity contribution in [3.63, 3.8) is 0 Å². The molecule has 0 unspecified atom stereocenters. The molecule has 0 saturated heterocycles. The predicted molar refractivity (Wildman–Crippen MR) is 81.3 cm³/mol. The molecule has 0 fully saturated rings. The maximum atomic E-state index is 13.6. The zero-order valence-electron chi connectivity index (χ0n) is 12.4. The summed E-state index contributed by atoms with van der Waals surface area (Å²) in [5, 5.41) is 2.35. The van der Waals surface area contributed by atoms with Crippen molar-refractivity contribution in [1.29, 1.82) is 0 Å². The van der Waals surface area contributed by atoms with Crippen LogP contribution >= 0.6 is 0 Å². The highest BCUT2D eigenvalue weighted by atomic mass is 19.1. The largest absolute Gasteiger partial charge is 0.462 e. The third-order valence-corrected chi connectivity index (χ3v) is 3.02. The molecule has 0 spiro atoms. The molecule has 23 heavy (non-hydrogen) atoms. The van der Waals surface area contributed by atoms with Gasteiger partial charge in [-0.15, -0.1) is 0 Å². The van der Waals surface area contributed by atoms with Crippen molar-refractivity contribution in [1.82, 2.24) is 0 Å². The van der Waals surface area contributed by atoms with Crippen LogP contribution in [-0.2, 0) is 4.74 Å². The first-order valence-electron chi connectivity index (χ1n) is 7.06. The standard InChI is InChI=1S/C17H15F2NO3/c1-2-10-23-17(22)11-6-3-4-9-14(11)20-16(21)15-12(18)7-5-8-13(15)19/h3-9H,2,10H2,1H3,(H,20,21). The van der Waals surface area contributed by atoms with Gasteiger partial charge in [-0.2, -0.15) is 0 Å². The van der Waals surface area contributed by atoms with E-state index in [1.54, 1.807) is 12.1 Å². The smallest absolute Gasteiger partial charge is 0.340 e. The molecule has 1 N–H and O–H groups in total. The van der Waals surface area contributed by atoms with Gasteiger partial charge in [0.25, 0.3) is 5.91 Å². The Labute approximate surface area is 132 Å². The Morgan fingerprint density at radius 1 is 1.04 bits per heavy atom. The number of rotatable bonds is 5. The predicted octanol–water partition coefficient (Wildman–Crippen LogP) is 3.78. The molecule has 0 aromatic heterocycles. The summed E-state index contributed by atoms with van der Waals surface area (Å²) < 4.78 is 32.3. The zero-order chi connectivity index (χ0) is 16.8. The van der Waals surface area contributed by atoms with Crippen molar-refractivity contribution < 1.29 is 23.1 Å². The van der Waals surface area contributed by atoms with Gasteiger partial charge >= 0.3 is 5.97 Å². The van der Waals surface area contributed by atoms with E-state index in [1.165, 1.54) is 12.1 Å². The minimum absolute atomic E-state index is 0.117. The summed E-state index contributed by atoms with van der Waals surface area (Å²) in [5.41, 5.74) is -0.462.